The molecule has 0 aliphatic heterocycles. The maximum atomic E-state index is 12.0. The number of likely N-dealkylation sites (N-methyl/N-ethyl adjacent to an activating group) is 3. The molecule has 0 saturated heterocycles. The van der Waals surface area contributed by atoms with E-state index in [-0.39, 0.29) is 17.5 Å². The zero-order valence-electron chi connectivity index (χ0n) is 11.2. The minimum atomic E-state index is -0.0933. The van der Waals surface area contributed by atoms with E-state index in [4.69, 9.17) is 0 Å². The molecule has 1 aliphatic carbocycles. The van der Waals surface area contributed by atoms with Gasteiger partial charge in [0.05, 0.1) is 6.04 Å². The molecule has 1 unspecified atom stereocenters. The molecule has 1 aliphatic rings. The van der Waals surface area contributed by atoms with Crippen molar-refractivity contribution in [1.82, 2.24) is 15.1 Å². The van der Waals surface area contributed by atoms with E-state index < -0.39 is 0 Å². The molecule has 1 amide bonds. The Bertz CT molecular complexity index is 249. The molecule has 0 heterocycles. The highest BCUT2D eigenvalue weighted by atomic mass is 16.2. The van der Waals surface area contributed by atoms with Crippen molar-refractivity contribution in [3.63, 3.8) is 0 Å². The van der Waals surface area contributed by atoms with Crippen LogP contribution in [-0.2, 0) is 4.79 Å². The van der Waals surface area contributed by atoms with Crippen LogP contribution in [0.15, 0.2) is 0 Å². The van der Waals surface area contributed by atoms with Gasteiger partial charge in [0.1, 0.15) is 0 Å². The maximum absolute atomic E-state index is 12.0. The largest absolute Gasteiger partial charge is 0.343 e. The van der Waals surface area contributed by atoms with E-state index in [2.05, 4.69) is 24.3 Å². The second-order valence-electron chi connectivity index (χ2n) is 5.18. The molecule has 1 rings (SSSR count). The molecule has 4 heteroatoms. The number of nitrogens with zero attached hydrogens (tertiary/aromatic N) is 2. The van der Waals surface area contributed by atoms with Gasteiger partial charge in [0.25, 0.3) is 0 Å². The topological polar surface area (TPSA) is 35.6 Å². The molecule has 1 atom stereocenters. The second-order valence-corrected chi connectivity index (χ2v) is 5.18. The fourth-order valence-electron chi connectivity index (χ4n) is 2.31. The summed E-state index contributed by atoms with van der Waals surface area (Å²) in [5.41, 5.74) is 0.220. The predicted octanol–water partition coefficient (Wildman–Crippen LogP) is 0.537. The Kier molecular flexibility index (Phi) is 4.33. The smallest absolute Gasteiger partial charge is 0.239 e. The molecular weight excluding hydrogens is 202 g/mol. The van der Waals surface area contributed by atoms with Gasteiger partial charge in [-0.3, -0.25) is 4.79 Å². The van der Waals surface area contributed by atoms with E-state index in [1.807, 2.05) is 25.9 Å². The van der Waals surface area contributed by atoms with Gasteiger partial charge in [0, 0.05) is 19.1 Å². The van der Waals surface area contributed by atoms with Gasteiger partial charge in [0.2, 0.25) is 5.91 Å². The summed E-state index contributed by atoms with van der Waals surface area (Å²) in [7, 11) is 7.94. The zero-order valence-corrected chi connectivity index (χ0v) is 11.2. The molecule has 0 bridgehead atoms. The van der Waals surface area contributed by atoms with Crippen LogP contribution < -0.4 is 5.32 Å². The molecule has 0 aromatic heterocycles. The first kappa shape index (κ1) is 13.5. The summed E-state index contributed by atoms with van der Waals surface area (Å²) in [4.78, 5) is 16.1. The average Bonchev–Trinajstić information content (AvgIpc) is 2.20. The van der Waals surface area contributed by atoms with Crippen LogP contribution in [0.1, 0.15) is 26.2 Å². The van der Waals surface area contributed by atoms with Crippen molar-refractivity contribution < 1.29 is 4.79 Å². The van der Waals surface area contributed by atoms with Gasteiger partial charge in [-0.05, 0) is 47.3 Å². The Hall–Kier alpha value is -0.610. The lowest BCUT2D eigenvalue weighted by atomic mass is 9.75. The van der Waals surface area contributed by atoms with Crippen molar-refractivity contribution in [2.24, 2.45) is 0 Å². The van der Waals surface area contributed by atoms with Crippen LogP contribution >= 0.6 is 0 Å². The normalized spacial score (nSPS) is 20.4. The Morgan fingerprint density at radius 3 is 2.25 bits per heavy atom. The van der Waals surface area contributed by atoms with Crippen molar-refractivity contribution in [2.75, 3.05) is 34.7 Å². The number of rotatable bonds is 5. The van der Waals surface area contributed by atoms with Crippen LogP contribution in [0.5, 0.6) is 0 Å². The molecule has 0 spiro atoms. The highest BCUT2D eigenvalue weighted by Gasteiger charge is 2.40. The highest BCUT2D eigenvalue weighted by molar-refractivity contribution is 5.81. The third kappa shape index (κ3) is 2.55. The predicted molar refractivity (Wildman–Crippen MR) is 66.4 cm³/mol. The van der Waals surface area contributed by atoms with Crippen LogP contribution in [0.3, 0.4) is 0 Å². The minimum absolute atomic E-state index is 0.0933. The van der Waals surface area contributed by atoms with Crippen LogP contribution in [0.4, 0.5) is 0 Å². The van der Waals surface area contributed by atoms with E-state index in [1.165, 1.54) is 19.3 Å². The third-order valence-corrected chi connectivity index (χ3v) is 3.94. The number of carbonyl (C=O) groups is 1. The quantitative estimate of drug-likeness (QED) is 0.744. The summed E-state index contributed by atoms with van der Waals surface area (Å²) in [6.45, 7) is 2.74. The van der Waals surface area contributed by atoms with Crippen LogP contribution in [0.25, 0.3) is 0 Å². The molecular formula is C12H25N3O. The number of carbonyl (C=O) groups excluding carboxylic acids is 1. The summed E-state index contributed by atoms with van der Waals surface area (Å²) >= 11 is 0. The van der Waals surface area contributed by atoms with Crippen molar-refractivity contribution in [3.05, 3.63) is 0 Å². The van der Waals surface area contributed by atoms with Gasteiger partial charge in [-0.1, -0.05) is 0 Å². The van der Waals surface area contributed by atoms with Crippen molar-refractivity contribution in [1.29, 1.82) is 0 Å². The number of hydrogen-bond acceptors (Lipinski definition) is 3. The fraction of sp³-hybridized carbons (Fsp3) is 0.917. The van der Waals surface area contributed by atoms with Gasteiger partial charge in [0.15, 0.2) is 0 Å². The van der Waals surface area contributed by atoms with Crippen LogP contribution in [0, 0.1) is 0 Å². The first-order valence-corrected chi connectivity index (χ1v) is 6.02. The highest BCUT2D eigenvalue weighted by Crippen LogP contribution is 2.36. The van der Waals surface area contributed by atoms with E-state index in [0.717, 1.165) is 6.54 Å². The van der Waals surface area contributed by atoms with E-state index in [0.29, 0.717) is 0 Å². The van der Waals surface area contributed by atoms with E-state index in [9.17, 15) is 4.79 Å². The summed E-state index contributed by atoms with van der Waals surface area (Å²) in [5, 5.41) is 2.99. The van der Waals surface area contributed by atoms with Gasteiger partial charge in [-0.2, -0.15) is 0 Å². The standard InChI is InChI=1S/C12H25N3O/c1-10(13-2)11(16)15(5)9-12(14(3)4)7-6-8-12/h10,13H,6-9H2,1-5H3. The second kappa shape index (κ2) is 5.15. The SMILES string of the molecule is CNC(C)C(=O)N(C)CC1(N(C)C)CCC1. The van der Waals surface area contributed by atoms with Crippen molar-refractivity contribution >= 4 is 5.91 Å². The third-order valence-electron chi connectivity index (χ3n) is 3.94. The maximum Gasteiger partial charge on any atom is 0.239 e. The lowest BCUT2D eigenvalue weighted by molar-refractivity contribution is -0.134. The van der Waals surface area contributed by atoms with Crippen molar-refractivity contribution in [2.45, 2.75) is 37.8 Å². The number of hydrogen-bond donors (Lipinski definition) is 1. The fourth-order valence-corrected chi connectivity index (χ4v) is 2.31. The van der Waals surface area contributed by atoms with Gasteiger partial charge < -0.3 is 15.1 Å². The average molecular weight is 227 g/mol. The van der Waals surface area contributed by atoms with Crippen molar-refractivity contribution in [3.8, 4) is 0 Å². The molecule has 4 nitrogen and oxygen atoms in total. The van der Waals surface area contributed by atoms with Gasteiger partial charge >= 0.3 is 0 Å². The summed E-state index contributed by atoms with van der Waals surface area (Å²) < 4.78 is 0. The number of amides is 1. The monoisotopic (exact) mass is 227 g/mol. The molecule has 94 valence electrons. The molecule has 1 fully saturated rings. The first-order chi connectivity index (χ1) is 7.43. The van der Waals surface area contributed by atoms with Crippen LogP contribution in [0.2, 0.25) is 0 Å². The van der Waals surface area contributed by atoms with Gasteiger partial charge in [-0.15, -0.1) is 0 Å². The Morgan fingerprint density at radius 1 is 1.38 bits per heavy atom. The molecule has 1 saturated carbocycles. The minimum Gasteiger partial charge on any atom is -0.343 e. The zero-order chi connectivity index (χ0) is 12.3. The van der Waals surface area contributed by atoms with Gasteiger partial charge in [-0.25, -0.2) is 0 Å². The summed E-state index contributed by atoms with van der Waals surface area (Å²) in [6, 6.07) is -0.0933. The first-order valence-electron chi connectivity index (χ1n) is 6.02. The molecule has 0 aromatic rings. The lowest BCUT2D eigenvalue weighted by Gasteiger charge is -2.49. The molecule has 0 aromatic carbocycles. The lowest BCUT2D eigenvalue weighted by Crippen LogP contribution is -2.58. The summed E-state index contributed by atoms with van der Waals surface area (Å²) in [6.07, 6.45) is 3.68. The Morgan fingerprint density at radius 2 is 1.94 bits per heavy atom. The molecule has 1 N–H and O–H groups in total. The Balaban J connectivity index is 2.56. The molecule has 0 radical (unpaired) electrons. The summed E-state index contributed by atoms with van der Waals surface area (Å²) in [5.74, 6) is 0.177. The number of nitrogens with one attached hydrogen (secondary N) is 1. The van der Waals surface area contributed by atoms with Crippen LogP contribution in [-0.4, -0.2) is 62.0 Å². The Labute approximate surface area is 99.0 Å². The van der Waals surface area contributed by atoms with E-state index >= 15 is 0 Å². The molecule has 16 heavy (non-hydrogen) atoms. The van der Waals surface area contributed by atoms with E-state index in [1.54, 1.807) is 0 Å².